The quantitative estimate of drug-likeness (QED) is 0.575. The van der Waals surface area contributed by atoms with Gasteiger partial charge in [-0.15, -0.1) is 11.3 Å². The van der Waals surface area contributed by atoms with Crippen molar-refractivity contribution >= 4 is 35.0 Å². The van der Waals surface area contributed by atoms with Crippen molar-refractivity contribution in [1.29, 1.82) is 0 Å². The number of ketones is 1. The first-order valence-electron chi connectivity index (χ1n) is 9.35. The van der Waals surface area contributed by atoms with Crippen LogP contribution in [0.2, 0.25) is 0 Å². The van der Waals surface area contributed by atoms with Gasteiger partial charge in [0, 0.05) is 11.8 Å². The van der Waals surface area contributed by atoms with E-state index >= 15 is 0 Å². The topological polar surface area (TPSA) is 95.6 Å². The van der Waals surface area contributed by atoms with Crippen LogP contribution in [0, 0.1) is 5.92 Å². The minimum Gasteiger partial charge on any atom is -0.351 e. The fraction of sp³-hybridized carbons (Fsp3) is 0.579. The molecule has 0 atom stereocenters. The molecule has 7 nitrogen and oxygen atoms in total. The molecule has 0 unspecified atom stereocenters. The van der Waals surface area contributed by atoms with Gasteiger partial charge < -0.3 is 10.6 Å². The van der Waals surface area contributed by atoms with E-state index in [0.717, 1.165) is 29.0 Å². The molecular weight excluding hydrogens is 366 g/mol. The monoisotopic (exact) mass is 391 g/mol. The van der Waals surface area contributed by atoms with Gasteiger partial charge in [0.05, 0.1) is 18.0 Å². The van der Waals surface area contributed by atoms with Crippen LogP contribution in [0.5, 0.6) is 0 Å². The van der Waals surface area contributed by atoms with Crippen molar-refractivity contribution in [2.75, 3.05) is 6.54 Å². The largest absolute Gasteiger partial charge is 0.351 e. The van der Waals surface area contributed by atoms with E-state index in [4.69, 9.17) is 0 Å². The number of amides is 4. The highest BCUT2D eigenvalue weighted by atomic mass is 32.1. The third-order valence-corrected chi connectivity index (χ3v) is 6.66. The van der Waals surface area contributed by atoms with E-state index in [1.54, 1.807) is 12.1 Å². The minimum absolute atomic E-state index is 0.140. The molecule has 2 N–H and O–H groups in total. The highest BCUT2D eigenvalue weighted by Crippen LogP contribution is 2.37. The number of urea groups is 1. The summed E-state index contributed by atoms with van der Waals surface area (Å²) in [6.07, 6.45) is 4.20. The minimum atomic E-state index is -0.824. The molecule has 0 aromatic carbocycles. The summed E-state index contributed by atoms with van der Waals surface area (Å²) in [7, 11) is 0. The number of Topliss-reactive ketones (excluding diaryl/α,β-unsaturated/α-hetero) is 1. The van der Waals surface area contributed by atoms with Crippen molar-refractivity contribution in [2.24, 2.45) is 5.92 Å². The maximum absolute atomic E-state index is 12.9. The molecule has 1 saturated carbocycles. The molecule has 4 amide bonds. The molecule has 2 heterocycles. The molecule has 1 aromatic rings. The summed E-state index contributed by atoms with van der Waals surface area (Å²) in [6, 6.07) is 2.97. The summed E-state index contributed by atoms with van der Waals surface area (Å²) in [6.45, 7) is 3.69. The van der Waals surface area contributed by atoms with Gasteiger partial charge in [0.15, 0.2) is 5.78 Å². The molecule has 0 radical (unpaired) electrons. The fourth-order valence-corrected chi connectivity index (χ4v) is 4.67. The van der Waals surface area contributed by atoms with Crippen molar-refractivity contribution in [3.8, 4) is 0 Å². The predicted molar refractivity (Wildman–Crippen MR) is 101 cm³/mol. The molecule has 1 saturated heterocycles. The summed E-state index contributed by atoms with van der Waals surface area (Å²) in [5.41, 5.74) is -0.824. The maximum Gasteiger partial charge on any atom is 0.325 e. The van der Waals surface area contributed by atoms with Gasteiger partial charge in [-0.2, -0.15) is 0 Å². The van der Waals surface area contributed by atoms with Crippen LogP contribution in [0.3, 0.4) is 0 Å². The van der Waals surface area contributed by atoms with Gasteiger partial charge in [-0.1, -0.05) is 13.3 Å². The lowest BCUT2D eigenvalue weighted by atomic mass is 9.75. The van der Waals surface area contributed by atoms with Crippen LogP contribution in [0.4, 0.5) is 4.79 Å². The summed E-state index contributed by atoms with van der Waals surface area (Å²) >= 11 is 1.27. The van der Waals surface area contributed by atoms with Gasteiger partial charge in [0.2, 0.25) is 5.91 Å². The Morgan fingerprint density at radius 1 is 1.30 bits per heavy atom. The summed E-state index contributed by atoms with van der Waals surface area (Å²) < 4.78 is 0. The first-order chi connectivity index (χ1) is 12.8. The van der Waals surface area contributed by atoms with Crippen molar-refractivity contribution in [1.82, 2.24) is 15.5 Å². The van der Waals surface area contributed by atoms with Gasteiger partial charge in [0.1, 0.15) is 5.54 Å². The van der Waals surface area contributed by atoms with E-state index in [1.807, 2.05) is 0 Å². The Labute approximate surface area is 162 Å². The number of rotatable bonds is 6. The Hall–Kier alpha value is -2.22. The smallest absolute Gasteiger partial charge is 0.325 e. The van der Waals surface area contributed by atoms with Crippen molar-refractivity contribution in [3.05, 3.63) is 21.9 Å². The molecule has 27 heavy (non-hydrogen) atoms. The maximum atomic E-state index is 12.9. The normalized spacial score (nSPS) is 25.0. The molecule has 146 valence electrons. The van der Waals surface area contributed by atoms with Crippen molar-refractivity contribution < 1.29 is 19.2 Å². The first-order valence-corrected chi connectivity index (χ1v) is 10.2. The standard InChI is InChI=1S/C19H25N3O4S/c1-3-13-6-8-19(9-7-13)17(25)22(18(26)21-19)11-15(24)16-5-4-14(27-16)10-20-12(2)23/h4-5,13H,3,6-11H2,1-2H3,(H,20,23)(H,21,26). The number of carbonyl (C=O) groups excluding carboxylic acids is 4. The van der Waals surface area contributed by atoms with Gasteiger partial charge >= 0.3 is 6.03 Å². The van der Waals surface area contributed by atoms with Crippen molar-refractivity contribution in [3.63, 3.8) is 0 Å². The molecular formula is C19H25N3O4S. The second-order valence-corrected chi connectivity index (χ2v) is 8.52. The summed E-state index contributed by atoms with van der Waals surface area (Å²) in [4.78, 5) is 51.2. The molecule has 3 rings (SSSR count). The van der Waals surface area contributed by atoms with Crippen LogP contribution in [-0.2, 0) is 16.1 Å². The first kappa shape index (κ1) is 19.5. The SMILES string of the molecule is CCC1CCC2(CC1)NC(=O)N(CC(=O)c1ccc(CNC(C)=O)s1)C2=O. The molecule has 2 aliphatic rings. The number of hydrogen-bond donors (Lipinski definition) is 2. The number of imide groups is 1. The lowest BCUT2D eigenvalue weighted by molar-refractivity contribution is -0.132. The van der Waals surface area contributed by atoms with Gasteiger partial charge in [0.25, 0.3) is 5.91 Å². The average Bonchev–Trinajstić information content (AvgIpc) is 3.20. The number of thiophene rings is 1. The Morgan fingerprint density at radius 2 is 2.00 bits per heavy atom. The third kappa shape index (κ3) is 4.05. The van der Waals surface area contributed by atoms with Gasteiger partial charge in [-0.05, 0) is 43.7 Å². The van der Waals surface area contributed by atoms with Crippen LogP contribution in [0.1, 0.15) is 60.5 Å². The number of hydrogen-bond acceptors (Lipinski definition) is 5. The summed E-state index contributed by atoms with van der Waals surface area (Å²) in [5, 5.41) is 5.53. The van der Waals surface area contributed by atoms with Crippen LogP contribution in [-0.4, -0.2) is 40.6 Å². The lowest BCUT2D eigenvalue weighted by Gasteiger charge is -2.34. The summed E-state index contributed by atoms with van der Waals surface area (Å²) in [5.74, 6) is -0.0786. The van der Waals surface area contributed by atoms with E-state index in [0.29, 0.717) is 30.2 Å². The highest BCUT2D eigenvalue weighted by molar-refractivity contribution is 7.14. The van der Waals surface area contributed by atoms with E-state index < -0.39 is 11.6 Å². The Morgan fingerprint density at radius 3 is 2.63 bits per heavy atom. The molecule has 0 bridgehead atoms. The fourth-order valence-electron chi connectivity index (χ4n) is 3.79. The molecule has 1 aliphatic heterocycles. The zero-order chi connectivity index (χ0) is 19.6. The van der Waals surface area contributed by atoms with Crippen LogP contribution in [0.15, 0.2) is 12.1 Å². The second-order valence-electron chi connectivity index (χ2n) is 7.35. The van der Waals surface area contributed by atoms with Gasteiger partial charge in [-0.25, -0.2) is 4.79 Å². The predicted octanol–water partition coefficient (Wildman–Crippen LogP) is 2.46. The third-order valence-electron chi connectivity index (χ3n) is 5.53. The second kappa shape index (κ2) is 7.80. The zero-order valence-corrected chi connectivity index (χ0v) is 16.5. The van der Waals surface area contributed by atoms with E-state index in [2.05, 4.69) is 17.6 Å². The van der Waals surface area contributed by atoms with Crippen molar-refractivity contribution in [2.45, 2.75) is 58.0 Å². The van der Waals surface area contributed by atoms with Crippen LogP contribution in [0.25, 0.3) is 0 Å². The highest BCUT2D eigenvalue weighted by Gasteiger charge is 2.52. The van der Waals surface area contributed by atoms with E-state index in [9.17, 15) is 19.2 Å². The van der Waals surface area contributed by atoms with Crippen LogP contribution < -0.4 is 10.6 Å². The van der Waals surface area contributed by atoms with E-state index in [1.165, 1.54) is 18.3 Å². The number of nitrogens with zero attached hydrogens (tertiary/aromatic N) is 1. The average molecular weight is 391 g/mol. The molecule has 8 heteroatoms. The Bertz CT molecular complexity index is 765. The van der Waals surface area contributed by atoms with Crippen LogP contribution >= 0.6 is 11.3 Å². The molecule has 1 spiro atoms. The Balaban J connectivity index is 1.63. The molecule has 1 aliphatic carbocycles. The Kier molecular flexibility index (Phi) is 5.64. The zero-order valence-electron chi connectivity index (χ0n) is 15.7. The molecule has 2 fully saturated rings. The molecule has 1 aromatic heterocycles. The van der Waals surface area contributed by atoms with Gasteiger partial charge in [-0.3, -0.25) is 19.3 Å². The number of carbonyl (C=O) groups is 4. The number of nitrogens with one attached hydrogen (secondary N) is 2. The van der Waals surface area contributed by atoms with E-state index in [-0.39, 0.29) is 24.1 Å². The lowest BCUT2D eigenvalue weighted by Crippen LogP contribution is -2.49.